The van der Waals surface area contributed by atoms with Crippen molar-refractivity contribution >= 4 is 23.3 Å². The van der Waals surface area contributed by atoms with E-state index in [1.54, 1.807) is 6.92 Å². The molecule has 1 heterocycles. The number of esters is 1. The minimum absolute atomic E-state index is 0.0118. The maximum Gasteiger partial charge on any atom is 0.416 e. The van der Waals surface area contributed by atoms with Gasteiger partial charge in [-0.05, 0) is 38.1 Å². The topological polar surface area (TPSA) is 94.5 Å². The van der Waals surface area contributed by atoms with Gasteiger partial charge in [0, 0.05) is 22.8 Å². The van der Waals surface area contributed by atoms with E-state index >= 15 is 0 Å². The summed E-state index contributed by atoms with van der Waals surface area (Å²) in [5.74, 6) is -1.48. The molecule has 1 N–H and O–H groups in total. The Morgan fingerprint density at radius 3 is 1.82 bits per heavy atom. The van der Waals surface area contributed by atoms with Gasteiger partial charge in [0.15, 0.2) is 11.5 Å². The summed E-state index contributed by atoms with van der Waals surface area (Å²) >= 11 is 0. The lowest BCUT2D eigenvalue weighted by atomic mass is 9.77. The van der Waals surface area contributed by atoms with E-state index in [0.717, 1.165) is 18.1 Å². The summed E-state index contributed by atoms with van der Waals surface area (Å²) in [7, 11) is 3.34. The van der Waals surface area contributed by atoms with Crippen LogP contribution in [-0.2, 0) is 32.2 Å². The van der Waals surface area contributed by atoms with Crippen LogP contribution in [0.1, 0.15) is 36.1 Å². The molecular formula is C26H25F6NO7. The Morgan fingerprint density at radius 2 is 1.38 bits per heavy atom. The highest BCUT2D eigenvalue weighted by molar-refractivity contribution is 6.04. The number of alkyl halides is 6. The SMILES string of the molecule is CCOC(=O)N1c2cc(OC)c(OC)cc2C([C@](O)(C(=O)OC)c2cc(C(F)(F)F)cc(C(F)(F)F)c2)=C[C@H]1C. The van der Waals surface area contributed by atoms with Gasteiger partial charge in [0.2, 0.25) is 5.60 Å². The van der Waals surface area contributed by atoms with E-state index in [0.29, 0.717) is 0 Å². The fourth-order valence-electron chi connectivity index (χ4n) is 4.38. The van der Waals surface area contributed by atoms with Gasteiger partial charge in [0.1, 0.15) is 0 Å². The van der Waals surface area contributed by atoms with Crippen LogP contribution in [0.25, 0.3) is 5.57 Å². The molecule has 0 unspecified atom stereocenters. The fraction of sp³-hybridized carbons (Fsp3) is 0.385. The van der Waals surface area contributed by atoms with E-state index in [1.165, 1.54) is 33.3 Å². The number of amides is 1. The van der Waals surface area contributed by atoms with Gasteiger partial charge < -0.3 is 24.1 Å². The average molecular weight is 577 g/mol. The van der Waals surface area contributed by atoms with Crippen molar-refractivity contribution in [3.05, 3.63) is 58.7 Å². The normalized spacial score (nSPS) is 16.9. The quantitative estimate of drug-likeness (QED) is 0.356. The summed E-state index contributed by atoms with van der Waals surface area (Å²) < 4.78 is 102. The van der Waals surface area contributed by atoms with Gasteiger partial charge in [-0.2, -0.15) is 26.3 Å². The first-order valence-corrected chi connectivity index (χ1v) is 11.6. The van der Waals surface area contributed by atoms with Gasteiger partial charge in [-0.1, -0.05) is 6.08 Å². The summed E-state index contributed by atoms with van der Waals surface area (Å²) in [5.41, 5.74) is -8.44. The number of hydrogen-bond acceptors (Lipinski definition) is 7. The third kappa shape index (κ3) is 5.40. The van der Waals surface area contributed by atoms with Crippen LogP contribution in [0.15, 0.2) is 36.4 Å². The largest absolute Gasteiger partial charge is 0.493 e. The fourth-order valence-corrected chi connectivity index (χ4v) is 4.38. The molecule has 1 aliphatic heterocycles. The van der Waals surface area contributed by atoms with Gasteiger partial charge in [0.25, 0.3) is 0 Å². The molecule has 2 atom stereocenters. The molecule has 0 aromatic heterocycles. The molecule has 0 saturated carbocycles. The number of carbonyl (C=O) groups is 2. The molecule has 1 aliphatic rings. The van der Waals surface area contributed by atoms with Gasteiger partial charge >= 0.3 is 24.4 Å². The number of carbonyl (C=O) groups excluding carboxylic acids is 2. The lowest BCUT2D eigenvalue weighted by Crippen LogP contribution is -2.45. The van der Waals surface area contributed by atoms with E-state index < -0.39 is 58.3 Å². The van der Waals surface area contributed by atoms with Gasteiger partial charge in [-0.3, -0.25) is 4.90 Å². The molecule has 3 rings (SSSR count). The molecule has 2 aromatic carbocycles. The second-order valence-corrected chi connectivity index (χ2v) is 8.61. The van der Waals surface area contributed by atoms with Crippen LogP contribution >= 0.6 is 0 Å². The molecule has 8 nitrogen and oxygen atoms in total. The van der Waals surface area contributed by atoms with Crippen molar-refractivity contribution in [3.63, 3.8) is 0 Å². The van der Waals surface area contributed by atoms with Crippen LogP contribution in [0.4, 0.5) is 36.8 Å². The van der Waals surface area contributed by atoms with E-state index in [4.69, 9.17) is 14.2 Å². The molecule has 14 heteroatoms. The Labute approximate surface area is 224 Å². The van der Waals surface area contributed by atoms with Gasteiger partial charge in [-0.25, -0.2) is 9.59 Å². The third-order valence-corrected chi connectivity index (χ3v) is 6.21. The molecule has 0 fully saturated rings. The number of hydrogen-bond donors (Lipinski definition) is 1. The van der Waals surface area contributed by atoms with Crippen molar-refractivity contribution in [2.45, 2.75) is 37.8 Å². The average Bonchev–Trinajstić information content (AvgIpc) is 2.89. The Bertz CT molecular complexity index is 1310. The van der Waals surface area contributed by atoms with Crippen LogP contribution in [0, 0.1) is 0 Å². The highest BCUT2D eigenvalue weighted by Crippen LogP contribution is 2.50. The van der Waals surface area contributed by atoms with Crippen LogP contribution in [0.5, 0.6) is 11.5 Å². The Balaban J connectivity index is 2.45. The number of halogens is 6. The summed E-state index contributed by atoms with van der Waals surface area (Å²) in [6.45, 7) is 2.95. The van der Waals surface area contributed by atoms with Crippen molar-refractivity contribution in [2.75, 3.05) is 32.8 Å². The minimum atomic E-state index is -5.27. The molecule has 0 aliphatic carbocycles. The lowest BCUT2D eigenvalue weighted by molar-refractivity contribution is -0.158. The number of ether oxygens (including phenoxy) is 4. The van der Waals surface area contributed by atoms with Crippen molar-refractivity contribution in [1.82, 2.24) is 0 Å². The highest BCUT2D eigenvalue weighted by atomic mass is 19.4. The summed E-state index contributed by atoms with van der Waals surface area (Å²) in [5, 5.41) is 11.9. The number of rotatable bonds is 6. The van der Waals surface area contributed by atoms with Gasteiger partial charge in [0.05, 0.1) is 50.8 Å². The van der Waals surface area contributed by atoms with E-state index in [2.05, 4.69) is 4.74 Å². The Hall–Kier alpha value is -3.94. The molecular weight excluding hydrogens is 552 g/mol. The predicted molar refractivity (Wildman–Crippen MR) is 129 cm³/mol. The second-order valence-electron chi connectivity index (χ2n) is 8.61. The second kappa shape index (κ2) is 10.9. The summed E-state index contributed by atoms with van der Waals surface area (Å²) in [6, 6.07) is 1.81. The molecule has 0 saturated heterocycles. The summed E-state index contributed by atoms with van der Waals surface area (Å²) in [4.78, 5) is 27.1. The number of anilines is 1. The van der Waals surface area contributed by atoms with Crippen molar-refractivity contribution in [1.29, 1.82) is 0 Å². The van der Waals surface area contributed by atoms with Crippen molar-refractivity contribution in [2.24, 2.45) is 0 Å². The number of aliphatic hydroxyl groups is 1. The van der Waals surface area contributed by atoms with E-state index in [9.17, 15) is 41.0 Å². The molecule has 40 heavy (non-hydrogen) atoms. The number of fused-ring (bicyclic) bond motifs is 1. The highest BCUT2D eigenvalue weighted by Gasteiger charge is 2.50. The van der Waals surface area contributed by atoms with Crippen LogP contribution in [-0.4, -0.2) is 51.1 Å². The maximum atomic E-state index is 13.7. The molecule has 0 spiro atoms. The zero-order valence-electron chi connectivity index (χ0n) is 21.9. The smallest absolute Gasteiger partial charge is 0.416 e. The van der Waals surface area contributed by atoms with Crippen LogP contribution < -0.4 is 14.4 Å². The first kappa shape index (κ1) is 30.6. The maximum absolute atomic E-state index is 13.7. The van der Waals surface area contributed by atoms with Crippen LogP contribution in [0.2, 0.25) is 0 Å². The first-order valence-electron chi connectivity index (χ1n) is 11.6. The molecule has 0 bridgehead atoms. The molecule has 2 aromatic rings. The predicted octanol–water partition coefficient (Wildman–Crippen LogP) is 5.55. The van der Waals surface area contributed by atoms with Crippen LogP contribution in [0.3, 0.4) is 0 Å². The van der Waals surface area contributed by atoms with Crippen molar-refractivity contribution in [3.8, 4) is 11.5 Å². The summed E-state index contributed by atoms with van der Waals surface area (Å²) in [6.07, 6.45) is -10.3. The monoisotopic (exact) mass is 577 g/mol. The minimum Gasteiger partial charge on any atom is -0.493 e. The molecule has 0 radical (unpaired) electrons. The molecule has 1 amide bonds. The van der Waals surface area contributed by atoms with E-state index in [1.807, 2.05) is 0 Å². The number of methoxy groups -OCH3 is 3. The number of nitrogens with zero attached hydrogens (tertiary/aromatic N) is 1. The van der Waals surface area contributed by atoms with E-state index in [-0.39, 0.29) is 47.6 Å². The van der Waals surface area contributed by atoms with Crippen molar-refractivity contribution < 1.29 is 60.0 Å². The first-order chi connectivity index (χ1) is 18.5. The lowest BCUT2D eigenvalue weighted by Gasteiger charge is -2.38. The Kier molecular flexibility index (Phi) is 8.35. The third-order valence-electron chi connectivity index (χ3n) is 6.21. The van der Waals surface area contributed by atoms with Gasteiger partial charge in [-0.15, -0.1) is 0 Å². The Morgan fingerprint density at radius 1 is 0.875 bits per heavy atom. The zero-order chi connectivity index (χ0) is 30.2. The standard InChI is InChI=1S/C26H25F6NO7/c1-6-40-23(35)33-13(2)7-18(17-11-20(37-3)21(38-4)12-19(17)33)24(36,22(34)39-5)14-8-15(25(27,28)29)10-16(9-14)26(30,31)32/h7-13,36H,6H2,1-5H3/t13-,24+/m1/s1. The molecule has 218 valence electrons. The zero-order valence-corrected chi connectivity index (χ0v) is 21.9. The number of benzene rings is 2.